The lowest BCUT2D eigenvalue weighted by molar-refractivity contribution is 0.0811. The molecule has 0 amide bonds. The molecule has 0 aromatic rings. The second-order valence-electron chi connectivity index (χ2n) is 3.09. The van der Waals surface area contributed by atoms with Crippen LogP contribution in [-0.2, 0) is 18.8 Å². The molecule has 0 unspecified atom stereocenters. The summed E-state index contributed by atoms with van der Waals surface area (Å²) in [6.45, 7) is 8.73. The molecule has 14 heavy (non-hydrogen) atoms. The summed E-state index contributed by atoms with van der Waals surface area (Å²) >= 11 is 0. The first-order chi connectivity index (χ1) is 6.39. The van der Waals surface area contributed by atoms with E-state index in [0.29, 0.717) is 12.8 Å². The van der Waals surface area contributed by atoms with Gasteiger partial charge in [0.15, 0.2) is 0 Å². The van der Waals surface area contributed by atoms with Crippen LogP contribution in [-0.4, -0.2) is 21.1 Å². The van der Waals surface area contributed by atoms with Crippen molar-refractivity contribution in [3.05, 3.63) is 25.3 Å². The molecular formula is C9H16O4S. The fourth-order valence-electron chi connectivity index (χ4n) is 1.04. The minimum atomic E-state index is -3.92. The molecule has 0 aliphatic rings. The Kier molecular flexibility index (Phi) is 5.04. The van der Waals surface area contributed by atoms with E-state index < -0.39 is 16.0 Å². The molecule has 0 N–H and O–H groups in total. The van der Waals surface area contributed by atoms with E-state index in [4.69, 9.17) is 4.18 Å². The Labute approximate surface area is 85.6 Å². The molecule has 0 aliphatic heterocycles. The van der Waals surface area contributed by atoms with E-state index in [1.54, 1.807) is 19.1 Å². The molecule has 82 valence electrons. The summed E-state index contributed by atoms with van der Waals surface area (Å²) in [4.78, 5) is 0. The van der Waals surface area contributed by atoms with Gasteiger partial charge in [-0.3, -0.25) is 4.18 Å². The molecule has 0 aromatic heterocycles. The Hall–Kier alpha value is -0.650. The van der Waals surface area contributed by atoms with Crippen LogP contribution >= 0.6 is 0 Å². The summed E-state index contributed by atoms with van der Waals surface area (Å²) in [6, 6.07) is 0. The second-order valence-corrected chi connectivity index (χ2v) is 4.41. The van der Waals surface area contributed by atoms with E-state index in [1.807, 2.05) is 0 Å². The minimum Gasteiger partial charge on any atom is -0.252 e. The Morgan fingerprint density at radius 3 is 2.00 bits per heavy atom. The molecular weight excluding hydrogens is 204 g/mol. The van der Waals surface area contributed by atoms with Crippen LogP contribution in [0.3, 0.4) is 0 Å². The SMILES string of the molecule is C=CCC(C)(CC=C)OS(=O)(=O)OC. The maximum atomic E-state index is 11.1. The first-order valence-electron chi connectivity index (χ1n) is 4.12. The van der Waals surface area contributed by atoms with Crippen molar-refractivity contribution in [2.24, 2.45) is 0 Å². The van der Waals surface area contributed by atoms with Gasteiger partial charge in [0, 0.05) is 0 Å². The zero-order valence-corrected chi connectivity index (χ0v) is 9.34. The highest BCUT2D eigenvalue weighted by Gasteiger charge is 2.29. The third-order valence-corrected chi connectivity index (χ3v) is 2.67. The zero-order chi connectivity index (χ0) is 11.2. The normalized spacial score (nSPS) is 12.4. The van der Waals surface area contributed by atoms with Crippen LogP contribution in [0.2, 0.25) is 0 Å². The fourth-order valence-corrected chi connectivity index (χ4v) is 1.74. The van der Waals surface area contributed by atoms with Gasteiger partial charge in [-0.1, -0.05) is 12.2 Å². The van der Waals surface area contributed by atoms with Gasteiger partial charge in [0.1, 0.15) is 0 Å². The molecule has 0 saturated heterocycles. The van der Waals surface area contributed by atoms with Crippen LogP contribution < -0.4 is 0 Å². The fraction of sp³-hybridized carbons (Fsp3) is 0.556. The molecule has 0 saturated carbocycles. The standard InChI is InChI=1S/C9H16O4S/c1-5-7-9(3,8-6-2)13-14(10,11)12-4/h5-6H,1-2,7-8H2,3-4H3. The van der Waals surface area contributed by atoms with Crippen LogP contribution in [0.5, 0.6) is 0 Å². The van der Waals surface area contributed by atoms with Gasteiger partial charge in [-0.05, 0) is 19.8 Å². The van der Waals surface area contributed by atoms with Crippen molar-refractivity contribution in [3.8, 4) is 0 Å². The van der Waals surface area contributed by atoms with Gasteiger partial charge in [0.05, 0.1) is 12.7 Å². The van der Waals surface area contributed by atoms with Crippen molar-refractivity contribution in [1.29, 1.82) is 0 Å². The van der Waals surface area contributed by atoms with Crippen molar-refractivity contribution >= 4 is 10.4 Å². The van der Waals surface area contributed by atoms with Crippen LogP contribution in [0, 0.1) is 0 Å². The largest absolute Gasteiger partial charge is 0.400 e. The molecule has 5 heteroatoms. The summed E-state index contributed by atoms with van der Waals surface area (Å²) in [5.74, 6) is 0. The van der Waals surface area contributed by atoms with Crippen LogP contribution in [0.4, 0.5) is 0 Å². The van der Waals surface area contributed by atoms with E-state index in [2.05, 4.69) is 17.3 Å². The Balaban J connectivity index is 4.67. The first-order valence-corrected chi connectivity index (χ1v) is 5.45. The number of hydrogen-bond acceptors (Lipinski definition) is 4. The van der Waals surface area contributed by atoms with Crippen LogP contribution in [0.15, 0.2) is 25.3 Å². The van der Waals surface area contributed by atoms with Crippen molar-refractivity contribution in [2.75, 3.05) is 7.11 Å². The average molecular weight is 220 g/mol. The highest BCUT2D eigenvalue weighted by atomic mass is 32.3. The maximum absolute atomic E-state index is 11.1. The topological polar surface area (TPSA) is 52.6 Å². The molecule has 0 aliphatic carbocycles. The Morgan fingerprint density at radius 2 is 1.71 bits per heavy atom. The van der Waals surface area contributed by atoms with Gasteiger partial charge in [-0.2, -0.15) is 8.42 Å². The molecule has 0 aromatic carbocycles. The first kappa shape index (κ1) is 13.4. The summed E-state index contributed by atoms with van der Waals surface area (Å²) in [5, 5.41) is 0. The zero-order valence-electron chi connectivity index (χ0n) is 8.52. The van der Waals surface area contributed by atoms with Crippen LogP contribution in [0.1, 0.15) is 19.8 Å². The highest BCUT2D eigenvalue weighted by molar-refractivity contribution is 7.81. The Bertz CT molecular complexity index is 282. The molecule has 0 fully saturated rings. The van der Waals surface area contributed by atoms with E-state index >= 15 is 0 Å². The molecule has 0 atom stereocenters. The minimum absolute atomic E-state index is 0.404. The second kappa shape index (κ2) is 5.29. The van der Waals surface area contributed by atoms with Crippen molar-refractivity contribution in [1.82, 2.24) is 0 Å². The van der Waals surface area contributed by atoms with Gasteiger partial charge in [0.25, 0.3) is 0 Å². The van der Waals surface area contributed by atoms with Crippen LogP contribution in [0.25, 0.3) is 0 Å². The lowest BCUT2D eigenvalue weighted by Gasteiger charge is -2.25. The molecule has 0 heterocycles. The molecule has 0 radical (unpaired) electrons. The third-order valence-electron chi connectivity index (χ3n) is 1.66. The maximum Gasteiger partial charge on any atom is 0.400 e. The van der Waals surface area contributed by atoms with Crippen molar-refractivity contribution in [3.63, 3.8) is 0 Å². The Morgan fingerprint density at radius 1 is 1.29 bits per heavy atom. The quantitative estimate of drug-likeness (QED) is 0.614. The monoisotopic (exact) mass is 220 g/mol. The number of hydrogen-bond donors (Lipinski definition) is 0. The lowest BCUT2D eigenvalue weighted by atomic mass is 9.99. The van der Waals surface area contributed by atoms with Gasteiger partial charge in [0.2, 0.25) is 0 Å². The van der Waals surface area contributed by atoms with E-state index in [9.17, 15) is 8.42 Å². The van der Waals surface area contributed by atoms with Crippen molar-refractivity contribution in [2.45, 2.75) is 25.4 Å². The van der Waals surface area contributed by atoms with E-state index in [1.165, 1.54) is 0 Å². The van der Waals surface area contributed by atoms with E-state index in [-0.39, 0.29) is 0 Å². The number of rotatable bonds is 7. The summed E-state index contributed by atoms with van der Waals surface area (Å²) in [7, 11) is -2.86. The molecule has 4 nitrogen and oxygen atoms in total. The molecule has 0 spiro atoms. The summed E-state index contributed by atoms with van der Waals surface area (Å²) < 4.78 is 31.2. The third kappa shape index (κ3) is 4.55. The van der Waals surface area contributed by atoms with Gasteiger partial charge in [-0.15, -0.1) is 13.2 Å². The predicted molar refractivity (Wildman–Crippen MR) is 55.0 cm³/mol. The smallest absolute Gasteiger partial charge is 0.252 e. The average Bonchev–Trinajstić information content (AvgIpc) is 2.03. The van der Waals surface area contributed by atoms with Gasteiger partial charge < -0.3 is 0 Å². The summed E-state index contributed by atoms with van der Waals surface area (Å²) in [5.41, 5.74) is -0.863. The van der Waals surface area contributed by atoms with E-state index in [0.717, 1.165) is 7.11 Å². The molecule has 0 bridgehead atoms. The lowest BCUT2D eigenvalue weighted by Crippen LogP contribution is -2.31. The van der Waals surface area contributed by atoms with Gasteiger partial charge >= 0.3 is 10.4 Å². The van der Waals surface area contributed by atoms with Gasteiger partial charge in [-0.25, -0.2) is 4.18 Å². The summed E-state index contributed by atoms with van der Waals surface area (Å²) in [6.07, 6.45) is 3.99. The molecule has 0 rings (SSSR count). The van der Waals surface area contributed by atoms with Crippen molar-refractivity contribution < 1.29 is 16.8 Å². The predicted octanol–water partition coefficient (Wildman–Crippen LogP) is 1.81. The highest BCUT2D eigenvalue weighted by Crippen LogP contribution is 2.23.